The van der Waals surface area contributed by atoms with Crippen LogP contribution >= 0.6 is 11.6 Å². The van der Waals surface area contributed by atoms with Crippen LogP contribution in [0.3, 0.4) is 0 Å². The number of benzene rings is 1. The predicted octanol–water partition coefficient (Wildman–Crippen LogP) is 2.59. The molecule has 1 aromatic carbocycles. The number of hydrogen-bond acceptors (Lipinski definition) is 6. The van der Waals surface area contributed by atoms with Gasteiger partial charge in [-0.05, 0) is 55.9 Å². The van der Waals surface area contributed by atoms with Gasteiger partial charge in [0.05, 0.1) is 37.0 Å². The van der Waals surface area contributed by atoms with Crippen LogP contribution in [0.5, 0.6) is 0 Å². The molecule has 0 radical (unpaired) electrons. The Balaban J connectivity index is 1.32. The number of aromatic nitrogens is 2. The zero-order valence-corrected chi connectivity index (χ0v) is 20.8. The van der Waals surface area contributed by atoms with E-state index in [1.54, 1.807) is 7.05 Å². The summed E-state index contributed by atoms with van der Waals surface area (Å²) in [4.78, 5) is 36.7. The minimum atomic E-state index is -0.703. The number of carbonyl (C=O) groups excluding carboxylic acids is 2. The third-order valence-corrected chi connectivity index (χ3v) is 7.04. The van der Waals surface area contributed by atoms with Gasteiger partial charge in [-0.25, -0.2) is 4.79 Å². The van der Waals surface area contributed by atoms with E-state index in [4.69, 9.17) is 26.8 Å². The van der Waals surface area contributed by atoms with E-state index in [2.05, 4.69) is 5.32 Å². The summed E-state index contributed by atoms with van der Waals surface area (Å²) < 4.78 is 14.5. The molecule has 2 aromatic rings. The Morgan fingerprint density at radius 2 is 1.89 bits per heavy atom. The Hall–Kier alpha value is -2.46. The topological polar surface area (TPSA) is 118 Å². The van der Waals surface area contributed by atoms with Gasteiger partial charge in [0.2, 0.25) is 11.8 Å². The molecule has 35 heavy (non-hydrogen) atoms. The molecular weight excluding hydrogens is 472 g/mol. The highest BCUT2D eigenvalue weighted by Gasteiger charge is 2.31. The first-order valence-electron chi connectivity index (χ1n) is 12.2. The first-order valence-corrected chi connectivity index (χ1v) is 12.6. The smallest absolute Gasteiger partial charge is 0.329 e. The second-order valence-corrected chi connectivity index (χ2v) is 9.77. The van der Waals surface area contributed by atoms with Gasteiger partial charge in [0.1, 0.15) is 6.04 Å². The molecular formula is C25H33ClN4O5. The van der Waals surface area contributed by atoms with Crippen LogP contribution in [-0.2, 0) is 26.1 Å². The standard InChI is InChI=1S/C25H33ClN4O5/c1-29-22-15-16(2-7-20(22)30(25(29)33)21-8-9-23(31)28-24(21)32)14-17(26)10-11-34-12-13-35-19-5-3-18(27)4-6-19/h2,7,14-15,18-19,21H,3-6,8-13,27H2,1H3,(H,28,31,32)/b17-14-. The van der Waals surface area contributed by atoms with Crippen LogP contribution in [0.2, 0.25) is 0 Å². The van der Waals surface area contributed by atoms with Gasteiger partial charge in [-0.1, -0.05) is 17.7 Å². The second kappa shape index (κ2) is 11.5. The molecule has 1 atom stereocenters. The van der Waals surface area contributed by atoms with Crippen molar-refractivity contribution in [1.29, 1.82) is 0 Å². The Morgan fingerprint density at radius 1 is 1.11 bits per heavy atom. The fourth-order valence-corrected chi connectivity index (χ4v) is 4.96. The summed E-state index contributed by atoms with van der Waals surface area (Å²) in [5.74, 6) is -0.760. The summed E-state index contributed by atoms with van der Waals surface area (Å²) in [5, 5.41) is 2.96. The minimum Gasteiger partial charge on any atom is -0.379 e. The van der Waals surface area contributed by atoms with Crippen molar-refractivity contribution in [2.75, 3.05) is 19.8 Å². The van der Waals surface area contributed by atoms with Crippen molar-refractivity contribution in [2.45, 2.75) is 63.1 Å². The molecule has 3 N–H and O–H groups in total. The van der Waals surface area contributed by atoms with E-state index in [-0.39, 0.29) is 24.1 Å². The van der Waals surface area contributed by atoms with E-state index in [9.17, 15) is 14.4 Å². The number of nitrogens with zero attached hydrogens (tertiary/aromatic N) is 2. The van der Waals surface area contributed by atoms with E-state index in [1.807, 2.05) is 24.3 Å². The molecule has 1 aliphatic heterocycles. The van der Waals surface area contributed by atoms with Crippen molar-refractivity contribution in [3.05, 3.63) is 39.3 Å². The van der Waals surface area contributed by atoms with Crippen molar-refractivity contribution in [2.24, 2.45) is 12.8 Å². The number of halogens is 1. The number of hydrogen-bond donors (Lipinski definition) is 2. The first kappa shape index (κ1) is 25.6. The van der Waals surface area contributed by atoms with Crippen LogP contribution in [0.15, 0.2) is 28.0 Å². The summed E-state index contributed by atoms with van der Waals surface area (Å²) in [5.41, 5.74) is 7.80. The summed E-state index contributed by atoms with van der Waals surface area (Å²) in [7, 11) is 1.67. The van der Waals surface area contributed by atoms with Crippen LogP contribution in [-0.4, -0.2) is 52.9 Å². The fourth-order valence-electron chi connectivity index (χ4n) is 4.75. The fraction of sp³-hybridized carbons (Fsp3) is 0.560. The molecule has 2 heterocycles. The molecule has 10 heteroatoms. The molecule has 1 unspecified atom stereocenters. The van der Waals surface area contributed by atoms with Gasteiger partial charge in [0, 0.05) is 31.0 Å². The van der Waals surface area contributed by atoms with Gasteiger partial charge in [0.15, 0.2) is 0 Å². The molecule has 0 spiro atoms. The molecule has 1 saturated carbocycles. The maximum Gasteiger partial charge on any atom is 0.329 e. The van der Waals surface area contributed by atoms with Crippen LogP contribution in [0.4, 0.5) is 0 Å². The molecule has 4 rings (SSSR count). The van der Waals surface area contributed by atoms with Gasteiger partial charge in [-0.3, -0.25) is 24.0 Å². The zero-order valence-electron chi connectivity index (χ0n) is 20.0. The number of fused-ring (bicyclic) bond motifs is 1. The number of imidazole rings is 1. The Bertz CT molecular complexity index is 1160. The molecule has 0 bridgehead atoms. The van der Waals surface area contributed by atoms with Gasteiger partial charge in [0.25, 0.3) is 0 Å². The molecule has 1 aromatic heterocycles. The number of nitrogens with two attached hydrogens (primary N) is 1. The number of piperidine rings is 1. The molecule has 2 fully saturated rings. The maximum absolute atomic E-state index is 12.9. The molecule has 190 valence electrons. The maximum atomic E-state index is 12.9. The molecule has 2 aliphatic rings. The van der Waals surface area contributed by atoms with Gasteiger partial charge in [-0.15, -0.1) is 0 Å². The number of rotatable bonds is 9. The Labute approximate surface area is 209 Å². The van der Waals surface area contributed by atoms with Crippen LogP contribution in [0.25, 0.3) is 17.1 Å². The zero-order chi connectivity index (χ0) is 24.9. The third-order valence-electron chi connectivity index (χ3n) is 6.74. The predicted molar refractivity (Wildman–Crippen MR) is 134 cm³/mol. The average molecular weight is 505 g/mol. The highest BCUT2D eigenvalue weighted by atomic mass is 35.5. The Morgan fingerprint density at radius 3 is 2.63 bits per heavy atom. The quantitative estimate of drug-likeness (QED) is 0.400. The lowest BCUT2D eigenvalue weighted by atomic mass is 9.94. The lowest BCUT2D eigenvalue weighted by Gasteiger charge is -2.26. The Kier molecular flexibility index (Phi) is 8.43. The van der Waals surface area contributed by atoms with Gasteiger partial charge < -0.3 is 15.2 Å². The highest BCUT2D eigenvalue weighted by molar-refractivity contribution is 6.31. The minimum absolute atomic E-state index is 0.207. The summed E-state index contributed by atoms with van der Waals surface area (Å²) >= 11 is 6.42. The van der Waals surface area contributed by atoms with Crippen molar-refractivity contribution < 1.29 is 19.1 Å². The number of aryl methyl sites for hydroxylation is 1. The van der Waals surface area contributed by atoms with Crippen molar-refractivity contribution in [1.82, 2.24) is 14.5 Å². The normalized spacial score (nSPS) is 23.6. The third kappa shape index (κ3) is 6.22. The average Bonchev–Trinajstić information content (AvgIpc) is 3.07. The SMILES string of the molecule is Cn1c(=O)n(C2CCC(=O)NC2=O)c2ccc(/C=C(\Cl)CCOCCOC3CCC(N)CC3)cc21. The van der Waals surface area contributed by atoms with E-state index in [0.717, 1.165) is 31.2 Å². The molecule has 9 nitrogen and oxygen atoms in total. The number of amides is 2. The van der Waals surface area contributed by atoms with Crippen LogP contribution in [0.1, 0.15) is 56.6 Å². The number of ether oxygens (including phenoxy) is 2. The number of carbonyl (C=O) groups is 2. The highest BCUT2D eigenvalue weighted by Crippen LogP contribution is 2.25. The van der Waals surface area contributed by atoms with Crippen LogP contribution in [0, 0.1) is 0 Å². The first-order chi connectivity index (χ1) is 16.8. The summed E-state index contributed by atoms with van der Waals surface area (Å²) in [6, 6.07) is 5.15. The van der Waals surface area contributed by atoms with E-state index in [0.29, 0.717) is 54.8 Å². The van der Waals surface area contributed by atoms with Crippen molar-refractivity contribution >= 4 is 40.5 Å². The van der Waals surface area contributed by atoms with Crippen molar-refractivity contribution in [3.63, 3.8) is 0 Å². The summed E-state index contributed by atoms with van der Waals surface area (Å²) in [6.07, 6.45) is 7.29. The summed E-state index contributed by atoms with van der Waals surface area (Å²) in [6.45, 7) is 1.58. The van der Waals surface area contributed by atoms with E-state index in [1.165, 1.54) is 9.13 Å². The van der Waals surface area contributed by atoms with Gasteiger partial charge in [-0.2, -0.15) is 0 Å². The van der Waals surface area contributed by atoms with Crippen molar-refractivity contribution in [3.8, 4) is 0 Å². The largest absolute Gasteiger partial charge is 0.379 e. The van der Waals surface area contributed by atoms with E-state index >= 15 is 0 Å². The molecule has 1 saturated heterocycles. The van der Waals surface area contributed by atoms with E-state index < -0.39 is 11.9 Å². The van der Waals surface area contributed by atoms with Gasteiger partial charge >= 0.3 is 5.69 Å². The second-order valence-electron chi connectivity index (χ2n) is 9.29. The lowest BCUT2D eigenvalue weighted by molar-refractivity contribution is -0.135. The number of imide groups is 1. The number of nitrogens with one attached hydrogen (secondary N) is 1. The lowest BCUT2D eigenvalue weighted by Crippen LogP contribution is -2.44. The monoisotopic (exact) mass is 504 g/mol. The van der Waals surface area contributed by atoms with Crippen LogP contribution < -0.4 is 16.7 Å². The molecule has 2 amide bonds. The molecule has 1 aliphatic carbocycles.